The second-order valence-electron chi connectivity index (χ2n) is 9.29. The van der Waals surface area contributed by atoms with E-state index in [9.17, 15) is 9.90 Å². The van der Waals surface area contributed by atoms with Crippen LogP contribution in [0.25, 0.3) is 21.3 Å². The first kappa shape index (κ1) is 22.1. The van der Waals surface area contributed by atoms with E-state index in [0.717, 1.165) is 51.9 Å². The number of pyridine rings is 2. The van der Waals surface area contributed by atoms with Crippen LogP contribution in [0, 0.1) is 6.92 Å². The molecule has 0 bridgehead atoms. The molecule has 31 heavy (non-hydrogen) atoms. The van der Waals surface area contributed by atoms with Gasteiger partial charge in [-0.1, -0.05) is 6.07 Å². The predicted octanol–water partition coefficient (Wildman–Crippen LogP) is 5.48. The highest BCUT2D eigenvalue weighted by Gasteiger charge is 2.32. The average molecular weight is 439 g/mol. The van der Waals surface area contributed by atoms with Crippen LogP contribution in [0.5, 0.6) is 0 Å². The van der Waals surface area contributed by atoms with E-state index in [1.807, 2.05) is 39.8 Å². The fourth-order valence-corrected chi connectivity index (χ4v) is 5.72. The standard InChI is InChI=1S/C25H30N2O3S/c1-14-20(23(15(2)29)30-25(3,4)5)21(16-10-11-17(13-28)26-12-16)22-18-8-6-7-9-19(18)31-24(22)27-14/h10-12,23,28H,6-9,13H2,1-5H3. The van der Waals surface area contributed by atoms with Crippen molar-refractivity contribution in [2.24, 2.45) is 0 Å². The molecule has 1 aliphatic rings. The Morgan fingerprint density at radius 1 is 1.26 bits per heavy atom. The lowest BCUT2D eigenvalue weighted by atomic mass is 9.87. The fraction of sp³-hybridized carbons (Fsp3) is 0.480. The van der Waals surface area contributed by atoms with Crippen LogP contribution in [-0.4, -0.2) is 26.5 Å². The molecule has 0 aliphatic heterocycles. The Hall–Kier alpha value is -2.15. The number of nitrogens with zero attached hydrogens (tertiary/aromatic N) is 2. The quantitative estimate of drug-likeness (QED) is 0.571. The number of ketones is 1. The molecule has 1 aliphatic carbocycles. The molecule has 0 saturated heterocycles. The summed E-state index contributed by atoms with van der Waals surface area (Å²) in [5, 5.41) is 10.6. The summed E-state index contributed by atoms with van der Waals surface area (Å²) in [4.78, 5) is 24.6. The molecular formula is C25H30N2O3S. The summed E-state index contributed by atoms with van der Waals surface area (Å²) in [6.45, 7) is 9.35. The molecule has 3 heterocycles. The summed E-state index contributed by atoms with van der Waals surface area (Å²) in [7, 11) is 0. The second-order valence-corrected chi connectivity index (χ2v) is 10.4. The van der Waals surface area contributed by atoms with Crippen molar-refractivity contribution >= 4 is 27.3 Å². The topological polar surface area (TPSA) is 72.3 Å². The van der Waals surface area contributed by atoms with Crippen LogP contribution in [0.3, 0.4) is 0 Å². The number of aromatic nitrogens is 2. The van der Waals surface area contributed by atoms with E-state index in [1.54, 1.807) is 24.5 Å². The molecule has 0 fully saturated rings. The van der Waals surface area contributed by atoms with Crippen LogP contribution in [0.4, 0.5) is 0 Å². The zero-order valence-electron chi connectivity index (χ0n) is 18.9. The Kier molecular flexibility index (Phi) is 5.99. The largest absolute Gasteiger partial charge is 0.390 e. The molecule has 0 saturated carbocycles. The lowest BCUT2D eigenvalue weighted by molar-refractivity contribution is -0.138. The van der Waals surface area contributed by atoms with E-state index in [0.29, 0.717) is 5.69 Å². The van der Waals surface area contributed by atoms with Gasteiger partial charge in [0.2, 0.25) is 0 Å². The highest BCUT2D eigenvalue weighted by atomic mass is 32.1. The van der Waals surface area contributed by atoms with Gasteiger partial charge in [-0.2, -0.15) is 0 Å². The number of hydrogen-bond donors (Lipinski definition) is 1. The van der Waals surface area contributed by atoms with Crippen LogP contribution < -0.4 is 0 Å². The van der Waals surface area contributed by atoms with Crippen LogP contribution in [0.2, 0.25) is 0 Å². The van der Waals surface area contributed by atoms with Crippen molar-refractivity contribution in [2.75, 3.05) is 0 Å². The van der Waals surface area contributed by atoms with Crippen molar-refractivity contribution in [1.29, 1.82) is 0 Å². The molecule has 164 valence electrons. The molecule has 3 aromatic heterocycles. The number of carbonyl (C=O) groups is 1. The zero-order valence-corrected chi connectivity index (χ0v) is 19.7. The van der Waals surface area contributed by atoms with Crippen molar-refractivity contribution in [2.45, 2.75) is 78.6 Å². The average Bonchev–Trinajstić information content (AvgIpc) is 3.08. The number of aryl methyl sites for hydroxylation is 3. The van der Waals surface area contributed by atoms with Crippen LogP contribution in [0.1, 0.15) is 74.0 Å². The van der Waals surface area contributed by atoms with Crippen LogP contribution >= 0.6 is 11.3 Å². The first-order chi connectivity index (χ1) is 14.7. The fourth-order valence-electron chi connectivity index (χ4n) is 4.40. The van der Waals surface area contributed by atoms with Gasteiger partial charge < -0.3 is 9.84 Å². The Morgan fingerprint density at radius 3 is 2.61 bits per heavy atom. The molecular weight excluding hydrogens is 408 g/mol. The van der Waals surface area contributed by atoms with Gasteiger partial charge in [0, 0.05) is 38.8 Å². The second kappa shape index (κ2) is 8.41. The van der Waals surface area contributed by atoms with E-state index in [1.165, 1.54) is 16.9 Å². The number of carbonyl (C=O) groups excluding carboxylic acids is 1. The number of thiophene rings is 1. The van der Waals surface area contributed by atoms with E-state index < -0.39 is 11.7 Å². The van der Waals surface area contributed by atoms with Crippen molar-refractivity contribution in [3.63, 3.8) is 0 Å². The summed E-state index contributed by atoms with van der Waals surface area (Å²) >= 11 is 1.78. The number of aliphatic hydroxyl groups excluding tert-OH is 1. The molecule has 0 spiro atoms. The van der Waals surface area contributed by atoms with Crippen molar-refractivity contribution in [3.8, 4) is 11.1 Å². The molecule has 1 N–H and O–H groups in total. The van der Waals surface area contributed by atoms with Crippen molar-refractivity contribution in [1.82, 2.24) is 9.97 Å². The third-order valence-corrected chi connectivity index (χ3v) is 6.90. The first-order valence-electron chi connectivity index (χ1n) is 10.9. The molecule has 0 amide bonds. The Bertz CT molecular complexity index is 1130. The van der Waals surface area contributed by atoms with E-state index in [2.05, 4.69) is 4.98 Å². The monoisotopic (exact) mass is 438 g/mol. The lowest BCUT2D eigenvalue weighted by Gasteiger charge is -2.29. The Morgan fingerprint density at radius 2 is 2.00 bits per heavy atom. The van der Waals surface area contributed by atoms with E-state index in [4.69, 9.17) is 9.72 Å². The van der Waals surface area contributed by atoms with Gasteiger partial charge in [0.25, 0.3) is 0 Å². The van der Waals surface area contributed by atoms with Gasteiger partial charge in [-0.15, -0.1) is 11.3 Å². The molecule has 6 heteroatoms. The maximum atomic E-state index is 12.8. The molecule has 1 unspecified atom stereocenters. The van der Waals surface area contributed by atoms with E-state index in [-0.39, 0.29) is 12.4 Å². The minimum Gasteiger partial charge on any atom is -0.390 e. The highest BCUT2D eigenvalue weighted by Crippen LogP contribution is 2.45. The van der Waals surface area contributed by atoms with Gasteiger partial charge in [0.05, 0.1) is 17.9 Å². The molecule has 1 atom stereocenters. The summed E-state index contributed by atoms with van der Waals surface area (Å²) < 4.78 is 6.30. The highest BCUT2D eigenvalue weighted by molar-refractivity contribution is 7.19. The summed E-state index contributed by atoms with van der Waals surface area (Å²) in [5.41, 5.74) is 5.08. The van der Waals surface area contributed by atoms with Gasteiger partial charge >= 0.3 is 0 Å². The van der Waals surface area contributed by atoms with Gasteiger partial charge in [-0.05, 0) is 71.9 Å². The van der Waals surface area contributed by atoms with Crippen molar-refractivity contribution < 1.29 is 14.6 Å². The third-order valence-electron chi connectivity index (χ3n) is 5.71. The van der Waals surface area contributed by atoms with Crippen LogP contribution in [0.15, 0.2) is 18.3 Å². The molecule has 3 aromatic rings. The Labute approximate surface area is 187 Å². The van der Waals surface area contributed by atoms with Gasteiger partial charge in [-0.3, -0.25) is 9.78 Å². The smallest absolute Gasteiger partial charge is 0.163 e. The minimum atomic E-state index is -0.705. The maximum absolute atomic E-state index is 12.8. The third kappa shape index (κ3) is 4.29. The number of Topliss-reactive ketones (excluding diaryl/α,β-unsaturated/α-hetero) is 1. The van der Waals surface area contributed by atoms with Gasteiger partial charge in [-0.25, -0.2) is 4.98 Å². The molecule has 4 rings (SSSR count). The van der Waals surface area contributed by atoms with Gasteiger partial charge in [0.15, 0.2) is 5.78 Å². The van der Waals surface area contributed by atoms with E-state index >= 15 is 0 Å². The van der Waals surface area contributed by atoms with Crippen molar-refractivity contribution in [3.05, 3.63) is 45.7 Å². The van der Waals surface area contributed by atoms with Crippen LogP contribution in [-0.2, 0) is 29.0 Å². The number of ether oxygens (including phenoxy) is 1. The first-order valence-corrected chi connectivity index (χ1v) is 11.7. The summed E-state index contributed by atoms with van der Waals surface area (Å²) in [5.74, 6) is -0.0375. The van der Waals surface area contributed by atoms with Gasteiger partial charge in [0.1, 0.15) is 10.9 Å². The molecule has 0 radical (unpaired) electrons. The predicted molar refractivity (Wildman–Crippen MR) is 124 cm³/mol. The number of aliphatic hydroxyl groups is 1. The zero-order chi connectivity index (χ0) is 22.3. The Balaban J connectivity index is 2.06. The SMILES string of the molecule is CC(=O)C(OC(C)(C)C)c1c(C)nc2sc3c(c2c1-c1ccc(CO)nc1)CCCC3. The maximum Gasteiger partial charge on any atom is 0.163 e. The molecule has 5 nitrogen and oxygen atoms in total. The number of rotatable bonds is 5. The molecule has 0 aromatic carbocycles. The summed E-state index contributed by atoms with van der Waals surface area (Å²) in [6.07, 6.45) is 5.57. The lowest BCUT2D eigenvalue weighted by Crippen LogP contribution is -2.27. The normalized spacial score (nSPS) is 15.2. The number of fused-ring (bicyclic) bond motifs is 3. The minimum absolute atomic E-state index is 0.0375. The summed E-state index contributed by atoms with van der Waals surface area (Å²) in [6, 6.07) is 3.82. The number of hydrogen-bond acceptors (Lipinski definition) is 6.